The van der Waals surface area contributed by atoms with Crippen molar-refractivity contribution in [1.29, 1.82) is 0 Å². The molecular weight excluding hydrogens is 340 g/mol. The van der Waals surface area contributed by atoms with Crippen molar-refractivity contribution in [2.45, 2.75) is 32.4 Å². The van der Waals surface area contributed by atoms with Gasteiger partial charge in [0.1, 0.15) is 0 Å². The molecule has 0 spiro atoms. The number of piperazine rings is 1. The number of nitrogens with zero attached hydrogens (tertiary/aromatic N) is 3. The Hall–Kier alpha value is -1.92. The Kier molecular flexibility index (Phi) is 5.45. The normalized spacial score (nSPS) is 26.8. The fraction of sp³-hybridized carbons (Fsp3) is 0.619. The van der Waals surface area contributed by atoms with Crippen LogP contribution in [0.5, 0.6) is 0 Å². The molecule has 0 aromatic heterocycles. The maximum atomic E-state index is 13.0. The molecule has 0 bridgehead atoms. The van der Waals surface area contributed by atoms with E-state index in [0.29, 0.717) is 25.6 Å². The predicted octanol–water partition coefficient (Wildman–Crippen LogP) is 0.850. The molecule has 0 saturated carbocycles. The van der Waals surface area contributed by atoms with Crippen molar-refractivity contribution in [3.05, 3.63) is 35.4 Å². The number of aryl methyl sites for hydroxylation is 1. The van der Waals surface area contributed by atoms with Gasteiger partial charge in [-0.15, -0.1) is 0 Å². The van der Waals surface area contributed by atoms with Crippen molar-refractivity contribution in [3.8, 4) is 0 Å². The molecule has 2 amide bonds. The third-order valence-corrected chi connectivity index (χ3v) is 6.20. The molecule has 6 heteroatoms. The Morgan fingerprint density at radius 2 is 1.85 bits per heavy atom. The van der Waals surface area contributed by atoms with E-state index in [0.717, 1.165) is 51.3 Å². The van der Waals surface area contributed by atoms with E-state index >= 15 is 0 Å². The number of amides is 2. The molecule has 3 aliphatic heterocycles. The van der Waals surface area contributed by atoms with Gasteiger partial charge in [-0.3, -0.25) is 14.5 Å². The average Bonchev–Trinajstić information content (AvgIpc) is 3.31. The molecule has 1 aromatic rings. The third kappa shape index (κ3) is 4.17. The molecule has 3 saturated heterocycles. The van der Waals surface area contributed by atoms with Gasteiger partial charge in [-0.1, -0.05) is 29.8 Å². The minimum Gasteiger partial charge on any atom is -0.341 e. The zero-order valence-corrected chi connectivity index (χ0v) is 16.2. The molecule has 3 heterocycles. The molecule has 1 N–H and O–H groups in total. The quantitative estimate of drug-likeness (QED) is 0.854. The van der Waals surface area contributed by atoms with Gasteiger partial charge in [0, 0.05) is 64.8 Å². The molecule has 2 atom stereocenters. The first kappa shape index (κ1) is 18.4. The van der Waals surface area contributed by atoms with Gasteiger partial charge in [-0.25, -0.2) is 0 Å². The van der Waals surface area contributed by atoms with Gasteiger partial charge in [-0.05, 0) is 18.9 Å². The summed E-state index contributed by atoms with van der Waals surface area (Å²) in [5.41, 5.74) is 2.34. The minimum atomic E-state index is -0.176. The van der Waals surface area contributed by atoms with E-state index < -0.39 is 0 Å². The maximum absolute atomic E-state index is 13.0. The summed E-state index contributed by atoms with van der Waals surface area (Å²) in [4.78, 5) is 31.8. The van der Waals surface area contributed by atoms with Crippen LogP contribution in [0.2, 0.25) is 0 Å². The van der Waals surface area contributed by atoms with Crippen molar-refractivity contribution < 1.29 is 9.59 Å². The highest BCUT2D eigenvalue weighted by molar-refractivity contribution is 5.89. The van der Waals surface area contributed by atoms with Crippen LogP contribution >= 0.6 is 0 Å². The second-order valence-electron chi connectivity index (χ2n) is 8.17. The van der Waals surface area contributed by atoms with Gasteiger partial charge < -0.3 is 15.1 Å². The Morgan fingerprint density at radius 3 is 2.59 bits per heavy atom. The van der Waals surface area contributed by atoms with Crippen LogP contribution in [0.4, 0.5) is 0 Å². The molecule has 27 heavy (non-hydrogen) atoms. The van der Waals surface area contributed by atoms with Crippen molar-refractivity contribution in [1.82, 2.24) is 20.0 Å². The molecule has 4 rings (SSSR count). The first-order valence-electron chi connectivity index (χ1n) is 10.2. The van der Waals surface area contributed by atoms with Crippen LogP contribution in [-0.2, 0) is 16.1 Å². The lowest BCUT2D eigenvalue weighted by Crippen LogP contribution is -2.49. The van der Waals surface area contributed by atoms with Crippen LogP contribution in [0, 0.1) is 12.8 Å². The Balaban J connectivity index is 1.32. The highest BCUT2D eigenvalue weighted by atomic mass is 16.2. The monoisotopic (exact) mass is 370 g/mol. The number of hydrogen-bond acceptors (Lipinski definition) is 4. The van der Waals surface area contributed by atoms with Crippen LogP contribution in [-0.4, -0.2) is 78.4 Å². The van der Waals surface area contributed by atoms with E-state index in [1.54, 1.807) is 0 Å². The lowest BCUT2D eigenvalue weighted by molar-refractivity contribution is -0.135. The van der Waals surface area contributed by atoms with Gasteiger partial charge in [0.2, 0.25) is 11.8 Å². The Morgan fingerprint density at radius 1 is 1.11 bits per heavy atom. The number of hydrogen-bond donors (Lipinski definition) is 1. The second kappa shape index (κ2) is 7.98. The summed E-state index contributed by atoms with van der Waals surface area (Å²) in [6.45, 7) is 9.08. The topological polar surface area (TPSA) is 55.9 Å². The number of carbonyl (C=O) groups is 2. The molecule has 6 nitrogen and oxygen atoms in total. The SMILES string of the molecule is Cc1ccc(CN2CC(C(=O)N3CCC(N4CCNCC4)C3)CC2=O)cc1. The number of benzene rings is 1. The van der Waals surface area contributed by atoms with E-state index in [1.165, 1.54) is 5.56 Å². The van der Waals surface area contributed by atoms with E-state index in [9.17, 15) is 9.59 Å². The van der Waals surface area contributed by atoms with Crippen LogP contribution in [0.1, 0.15) is 24.0 Å². The molecular formula is C21H30N4O2. The minimum absolute atomic E-state index is 0.103. The van der Waals surface area contributed by atoms with Crippen molar-refractivity contribution >= 4 is 11.8 Å². The molecule has 146 valence electrons. The number of likely N-dealkylation sites (tertiary alicyclic amines) is 2. The first-order chi connectivity index (χ1) is 13.1. The summed E-state index contributed by atoms with van der Waals surface area (Å²) in [6.07, 6.45) is 1.42. The summed E-state index contributed by atoms with van der Waals surface area (Å²) in [6, 6.07) is 8.75. The van der Waals surface area contributed by atoms with Crippen LogP contribution in [0.3, 0.4) is 0 Å². The van der Waals surface area contributed by atoms with Crippen molar-refractivity contribution in [3.63, 3.8) is 0 Å². The number of nitrogens with one attached hydrogen (secondary N) is 1. The van der Waals surface area contributed by atoms with Crippen LogP contribution in [0.25, 0.3) is 0 Å². The molecule has 2 unspecified atom stereocenters. The summed E-state index contributed by atoms with van der Waals surface area (Å²) >= 11 is 0. The van der Waals surface area contributed by atoms with Crippen molar-refractivity contribution in [2.24, 2.45) is 5.92 Å². The highest BCUT2D eigenvalue weighted by Crippen LogP contribution is 2.25. The molecule has 1 aromatic carbocycles. The van der Waals surface area contributed by atoms with Gasteiger partial charge in [0.25, 0.3) is 0 Å². The zero-order valence-electron chi connectivity index (χ0n) is 16.2. The standard InChI is InChI=1S/C21H30N4O2/c1-16-2-4-17(5-3-16)13-25-14-18(12-20(25)26)21(27)24-9-6-19(15-24)23-10-7-22-8-11-23/h2-5,18-19,22H,6-15H2,1H3. The Labute approximate surface area is 161 Å². The maximum Gasteiger partial charge on any atom is 0.228 e. The summed E-state index contributed by atoms with van der Waals surface area (Å²) in [7, 11) is 0. The van der Waals surface area contributed by atoms with Crippen LogP contribution < -0.4 is 5.32 Å². The first-order valence-corrected chi connectivity index (χ1v) is 10.2. The van der Waals surface area contributed by atoms with Gasteiger partial charge in [-0.2, -0.15) is 0 Å². The summed E-state index contributed by atoms with van der Waals surface area (Å²) in [5.74, 6) is 0.101. The van der Waals surface area contributed by atoms with Crippen molar-refractivity contribution in [2.75, 3.05) is 45.8 Å². The van der Waals surface area contributed by atoms with E-state index in [2.05, 4.69) is 41.4 Å². The number of rotatable bonds is 4. The van der Waals surface area contributed by atoms with Gasteiger partial charge in [0.05, 0.1) is 5.92 Å². The largest absolute Gasteiger partial charge is 0.341 e. The second-order valence-corrected chi connectivity index (χ2v) is 8.17. The summed E-state index contributed by atoms with van der Waals surface area (Å²) in [5, 5.41) is 3.38. The molecule has 3 aliphatic rings. The fourth-order valence-electron chi connectivity index (χ4n) is 4.55. The van der Waals surface area contributed by atoms with E-state index in [1.807, 2.05) is 9.80 Å². The highest BCUT2D eigenvalue weighted by Gasteiger charge is 2.39. The Bertz CT molecular complexity index is 684. The van der Waals surface area contributed by atoms with E-state index in [4.69, 9.17) is 0 Å². The molecule has 0 aliphatic carbocycles. The van der Waals surface area contributed by atoms with Crippen LogP contribution in [0.15, 0.2) is 24.3 Å². The van der Waals surface area contributed by atoms with Gasteiger partial charge in [0.15, 0.2) is 0 Å². The summed E-state index contributed by atoms with van der Waals surface area (Å²) < 4.78 is 0. The predicted molar refractivity (Wildman–Crippen MR) is 104 cm³/mol. The fourth-order valence-corrected chi connectivity index (χ4v) is 4.55. The average molecular weight is 370 g/mol. The third-order valence-electron chi connectivity index (χ3n) is 6.20. The number of carbonyl (C=O) groups excluding carboxylic acids is 2. The van der Waals surface area contributed by atoms with Gasteiger partial charge >= 0.3 is 0 Å². The lowest BCUT2D eigenvalue weighted by Gasteiger charge is -2.32. The van der Waals surface area contributed by atoms with E-state index in [-0.39, 0.29) is 17.7 Å². The zero-order chi connectivity index (χ0) is 18.8. The molecule has 0 radical (unpaired) electrons. The lowest BCUT2D eigenvalue weighted by atomic mass is 10.1. The molecule has 3 fully saturated rings. The smallest absolute Gasteiger partial charge is 0.228 e.